The summed E-state index contributed by atoms with van der Waals surface area (Å²) in [5.74, 6) is -0.528. The number of hydrogen-bond donors (Lipinski definition) is 1. The summed E-state index contributed by atoms with van der Waals surface area (Å²) in [6.07, 6.45) is 3.25. The zero-order chi connectivity index (χ0) is 10.8. The van der Waals surface area contributed by atoms with E-state index in [0.717, 1.165) is 0 Å². The fourth-order valence-electron chi connectivity index (χ4n) is 0.525. The molecule has 0 saturated carbocycles. The Morgan fingerprint density at radius 2 is 2.07 bits per heavy atom. The van der Waals surface area contributed by atoms with Crippen molar-refractivity contribution in [3.05, 3.63) is 36.8 Å². The Morgan fingerprint density at radius 3 is 2.36 bits per heavy atom. The number of aliphatic hydroxyl groups is 1. The van der Waals surface area contributed by atoms with Crippen LogP contribution in [0.4, 0.5) is 0 Å². The summed E-state index contributed by atoms with van der Waals surface area (Å²) in [6, 6.07) is 3.67. The van der Waals surface area contributed by atoms with Crippen LogP contribution in [0, 0.1) is 0 Å². The van der Waals surface area contributed by atoms with Crippen molar-refractivity contribution in [2.24, 2.45) is 0 Å². The van der Waals surface area contributed by atoms with Crippen LogP contribution in [0.25, 0.3) is 0 Å². The number of ether oxygens (including phenoxy) is 1. The first-order chi connectivity index (χ1) is 6.72. The topological polar surface area (TPSA) is 59.7 Å². The molecular weight excluding hydrogens is 184 g/mol. The third-order valence-corrected chi connectivity index (χ3v) is 1.18. The summed E-state index contributed by atoms with van der Waals surface area (Å²) in [5, 5.41) is 8.33. The van der Waals surface area contributed by atoms with Gasteiger partial charge in [-0.15, -0.1) is 0 Å². The third kappa shape index (κ3) is 6.02. The zero-order valence-corrected chi connectivity index (χ0v) is 8.10. The van der Waals surface area contributed by atoms with Crippen LogP contribution >= 0.6 is 0 Å². The van der Waals surface area contributed by atoms with E-state index in [1.165, 1.54) is 0 Å². The monoisotopic (exact) mass is 198 g/mol. The highest BCUT2D eigenvalue weighted by Crippen LogP contribution is 1.90. The predicted molar refractivity (Wildman–Crippen MR) is 51.6 cm³/mol. The van der Waals surface area contributed by atoms with E-state index in [0.29, 0.717) is 6.61 Å². The van der Waals surface area contributed by atoms with E-state index in [9.17, 15) is 4.79 Å². The molecule has 0 aliphatic heterocycles. The maximum atomic E-state index is 10.5. The van der Waals surface area contributed by atoms with Crippen molar-refractivity contribution in [2.75, 3.05) is 13.2 Å². The summed E-state index contributed by atoms with van der Waals surface area (Å²) in [5.41, 5.74) is 0.0943. The Kier molecular flexibility index (Phi) is 7.17. The van der Waals surface area contributed by atoms with Crippen LogP contribution in [0.1, 0.15) is 6.92 Å². The summed E-state index contributed by atoms with van der Waals surface area (Å²) in [4.78, 5) is 10.5. The molecule has 4 nitrogen and oxygen atoms in total. The Bertz CT molecular complexity index is 234. The highest BCUT2D eigenvalue weighted by Gasteiger charge is 2.03. The zero-order valence-electron chi connectivity index (χ0n) is 8.10. The molecule has 14 heavy (non-hydrogen) atoms. The van der Waals surface area contributed by atoms with Gasteiger partial charge in [0.2, 0.25) is 0 Å². The summed E-state index contributed by atoms with van der Waals surface area (Å²) in [7, 11) is 0. The molecule has 1 rings (SSSR count). The molecule has 0 fully saturated rings. The van der Waals surface area contributed by atoms with Gasteiger partial charge in [-0.3, -0.25) is 0 Å². The number of hydrogen-bond acceptors (Lipinski definition) is 4. The van der Waals surface area contributed by atoms with Gasteiger partial charge >= 0.3 is 5.97 Å². The molecule has 0 aromatic carbocycles. The molecule has 1 aromatic heterocycles. The molecule has 4 heteroatoms. The van der Waals surface area contributed by atoms with Gasteiger partial charge in [-0.25, -0.2) is 4.79 Å². The van der Waals surface area contributed by atoms with Gasteiger partial charge in [0, 0.05) is 0 Å². The molecule has 0 aliphatic carbocycles. The van der Waals surface area contributed by atoms with Crippen molar-refractivity contribution >= 4 is 5.97 Å². The van der Waals surface area contributed by atoms with Gasteiger partial charge in [-0.2, -0.15) is 0 Å². The highest BCUT2D eigenvalue weighted by molar-refractivity contribution is 5.87. The van der Waals surface area contributed by atoms with Gasteiger partial charge in [0.25, 0.3) is 0 Å². The molecule has 0 aliphatic rings. The second-order valence-corrected chi connectivity index (χ2v) is 2.28. The second-order valence-electron chi connectivity index (χ2n) is 2.28. The molecule has 0 bridgehead atoms. The predicted octanol–water partition coefficient (Wildman–Crippen LogP) is 1.38. The minimum atomic E-state index is -0.528. The summed E-state index contributed by atoms with van der Waals surface area (Å²) >= 11 is 0. The summed E-state index contributed by atoms with van der Waals surface area (Å²) in [6.45, 7) is 4.95. The molecule has 0 unspecified atom stereocenters. The minimum absolute atomic E-state index is 0.0943. The maximum Gasteiger partial charge on any atom is 0.335 e. The fourth-order valence-corrected chi connectivity index (χ4v) is 0.525. The van der Waals surface area contributed by atoms with Crippen molar-refractivity contribution in [3.8, 4) is 0 Å². The largest absolute Gasteiger partial charge is 0.473 e. The van der Waals surface area contributed by atoms with E-state index in [1.54, 1.807) is 19.5 Å². The van der Waals surface area contributed by atoms with E-state index < -0.39 is 5.97 Å². The van der Waals surface area contributed by atoms with Gasteiger partial charge in [0.1, 0.15) is 0 Å². The standard InChI is InChI=1S/C6H10O3.C4H4O/c1-3-9-6(8)5(2)4-7;1-2-4-5-3-1/h7H,2-4H2,1H3;1-4H. The van der Waals surface area contributed by atoms with E-state index in [-0.39, 0.29) is 12.2 Å². The average molecular weight is 198 g/mol. The van der Waals surface area contributed by atoms with Crippen LogP contribution in [0.5, 0.6) is 0 Å². The molecule has 1 heterocycles. The quantitative estimate of drug-likeness (QED) is 0.588. The van der Waals surface area contributed by atoms with Crippen molar-refractivity contribution < 1.29 is 19.1 Å². The lowest BCUT2D eigenvalue weighted by Crippen LogP contribution is -2.08. The lowest BCUT2D eigenvalue weighted by Gasteiger charge is -1.99. The molecule has 1 N–H and O–H groups in total. The second kappa shape index (κ2) is 8.07. The number of aliphatic hydroxyl groups excluding tert-OH is 1. The van der Waals surface area contributed by atoms with E-state index in [1.807, 2.05) is 12.1 Å². The fraction of sp³-hybridized carbons (Fsp3) is 0.300. The van der Waals surface area contributed by atoms with Crippen LogP contribution in [-0.4, -0.2) is 24.3 Å². The van der Waals surface area contributed by atoms with Crippen molar-refractivity contribution in [2.45, 2.75) is 6.92 Å². The number of carbonyl (C=O) groups excluding carboxylic acids is 1. The molecule has 0 radical (unpaired) electrons. The van der Waals surface area contributed by atoms with Gasteiger partial charge in [0.05, 0.1) is 31.3 Å². The van der Waals surface area contributed by atoms with Crippen LogP contribution in [-0.2, 0) is 9.53 Å². The molecule has 0 saturated heterocycles. The van der Waals surface area contributed by atoms with Crippen LogP contribution in [0.15, 0.2) is 41.2 Å². The van der Waals surface area contributed by atoms with Crippen molar-refractivity contribution in [1.82, 2.24) is 0 Å². The maximum absolute atomic E-state index is 10.5. The Balaban J connectivity index is 0.000000280. The Hall–Kier alpha value is -1.55. The van der Waals surface area contributed by atoms with Crippen molar-refractivity contribution in [1.29, 1.82) is 0 Å². The first-order valence-electron chi connectivity index (χ1n) is 4.15. The normalized spacial score (nSPS) is 8.43. The average Bonchev–Trinajstić information content (AvgIpc) is 2.75. The Labute approximate surface area is 82.8 Å². The van der Waals surface area contributed by atoms with E-state index >= 15 is 0 Å². The first-order valence-corrected chi connectivity index (χ1v) is 4.15. The van der Waals surface area contributed by atoms with Crippen LogP contribution in [0.3, 0.4) is 0 Å². The number of rotatable bonds is 3. The molecule has 1 aromatic rings. The van der Waals surface area contributed by atoms with E-state index in [2.05, 4.69) is 15.7 Å². The smallest absolute Gasteiger partial charge is 0.335 e. The Morgan fingerprint density at radius 1 is 1.50 bits per heavy atom. The number of furan rings is 1. The number of carbonyl (C=O) groups is 1. The summed E-state index contributed by atoms with van der Waals surface area (Å²) < 4.78 is 9.08. The van der Waals surface area contributed by atoms with Crippen LogP contribution in [0.2, 0.25) is 0 Å². The van der Waals surface area contributed by atoms with Gasteiger partial charge in [-0.1, -0.05) is 6.58 Å². The molecule has 0 spiro atoms. The van der Waals surface area contributed by atoms with Gasteiger partial charge in [-0.05, 0) is 19.1 Å². The SMILES string of the molecule is C=C(CO)C(=O)OCC.c1ccoc1. The molecular formula is C10H14O4. The van der Waals surface area contributed by atoms with Gasteiger partial charge < -0.3 is 14.3 Å². The number of esters is 1. The highest BCUT2D eigenvalue weighted by atomic mass is 16.5. The molecule has 78 valence electrons. The molecule has 0 amide bonds. The third-order valence-electron chi connectivity index (χ3n) is 1.18. The minimum Gasteiger partial charge on any atom is -0.473 e. The van der Waals surface area contributed by atoms with Crippen molar-refractivity contribution in [3.63, 3.8) is 0 Å². The first kappa shape index (κ1) is 12.4. The lowest BCUT2D eigenvalue weighted by molar-refractivity contribution is -0.138. The molecule has 0 atom stereocenters. The van der Waals surface area contributed by atoms with Gasteiger partial charge in [0.15, 0.2) is 0 Å². The van der Waals surface area contributed by atoms with Crippen LogP contribution < -0.4 is 0 Å². The van der Waals surface area contributed by atoms with E-state index in [4.69, 9.17) is 5.11 Å². The lowest BCUT2D eigenvalue weighted by atomic mass is 10.3.